The number of amides is 1. The zero-order chi connectivity index (χ0) is 31.1. The van der Waals surface area contributed by atoms with Gasteiger partial charge in [-0.3, -0.25) is 4.79 Å². The predicted octanol–water partition coefficient (Wildman–Crippen LogP) is 7.34. The first kappa shape index (κ1) is 29.2. The third-order valence-electron chi connectivity index (χ3n) is 8.27. The summed E-state index contributed by atoms with van der Waals surface area (Å²) in [6.07, 6.45) is 2.64. The van der Waals surface area contributed by atoms with Gasteiger partial charge in [-0.2, -0.15) is 4.98 Å². The number of fused-ring (bicyclic) bond motifs is 1. The Bertz CT molecular complexity index is 1910. The number of anilines is 1. The van der Waals surface area contributed by atoms with Crippen LogP contribution in [0, 0.1) is 0 Å². The first-order valence-electron chi connectivity index (χ1n) is 15.8. The Morgan fingerprint density at radius 1 is 0.739 bits per heavy atom. The van der Waals surface area contributed by atoms with Gasteiger partial charge in [-0.05, 0) is 48.2 Å². The maximum absolute atomic E-state index is 13.2. The van der Waals surface area contributed by atoms with Gasteiger partial charge in [0.2, 0.25) is 5.91 Å². The van der Waals surface area contributed by atoms with E-state index in [0.29, 0.717) is 55.5 Å². The molecule has 0 bridgehead atoms. The minimum atomic E-state index is 0.184. The standard InChI is InChI=1S/C38H35N5O3/c44-34(21-20-28-12-4-1-5-13-28)42-22-11-23-43(25-24-42)37-35-36(30-16-10-19-32(27-30)45-31-17-8-3-9-18-31)41-46-38(35)40-33(39-37)26-29-14-6-2-7-15-29/h1-10,12-19,27H,11,20-26H2. The highest BCUT2D eigenvalue weighted by molar-refractivity contribution is 5.98. The molecule has 0 spiro atoms. The minimum absolute atomic E-state index is 0.184. The predicted molar refractivity (Wildman–Crippen MR) is 179 cm³/mol. The molecule has 0 unspecified atom stereocenters. The molecule has 4 aromatic carbocycles. The first-order valence-corrected chi connectivity index (χ1v) is 15.8. The second kappa shape index (κ2) is 13.6. The average molecular weight is 610 g/mol. The molecule has 7 rings (SSSR count). The van der Waals surface area contributed by atoms with Gasteiger partial charge >= 0.3 is 0 Å². The van der Waals surface area contributed by atoms with Gasteiger partial charge < -0.3 is 19.1 Å². The van der Waals surface area contributed by atoms with Crippen LogP contribution in [-0.2, 0) is 17.6 Å². The van der Waals surface area contributed by atoms with Crippen molar-refractivity contribution in [3.63, 3.8) is 0 Å². The fourth-order valence-electron chi connectivity index (χ4n) is 5.93. The number of nitrogens with zero attached hydrogens (tertiary/aromatic N) is 5. The van der Waals surface area contributed by atoms with Crippen LogP contribution in [0.15, 0.2) is 120 Å². The van der Waals surface area contributed by atoms with Gasteiger partial charge in [-0.1, -0.05) is 96.2 Å². The van der Waals surface area contributed by atoms with Crippen LogP contribution >= 0.6 is 0 Å². The van der Waals surface area contributed by atoms with Crippen LogP contribution in [0.2, 0.25) is 0 Å². The van der Waals surface area contributed by atoms with Crippen LogP contribution in [0.3, 0.4) is 0 Å². The summed E-state index contributed by atoms with van der Waals surface area (Å²) < 4.78 is 12.0. The molecular formula is C38H35N5O3. The highest BCUT2D eigenvalue weighted by Crippen LogP contribution is 2.36. The third-order valence-corrected chi connectivity index (χ3v) is 8.27. The Labute approximate surface area is 268 Å². The van der Waals surface area contributed by atoms with E-state index in [0.717, 1.165) is 47.5 Å². The van der Waals surface area contributed by atoms with E-state index in [-0.39, 0.29) is 5.91 Å². The Kier molecular flexibility index (Phi) is 8.67. The van der Waals surface area contributed by atoms with Gasteiger partial charge in [-0.15, -0.1) is 0 Å². The molecule has 1 aliphatic rings. The van der Waals surface area contributed by atoms with E-state index in [2.05, 4.69) is 34.3 Å². The van der Waals surface area contributed by atoms with Crippen molar-refractivity contribution in [2.24, 2.45) is 0 Å². The largest absolute Gasteiger partial charge is 0.457 e. The third kappa shape index (κ3) is 6.76. The number of benzene rings is 4. The summed E-state index contributed by atoms with van der Waals surface area (Å²) in [6, 6.07) is 37.9. The SMILES string of the molecule is O=C(CCc1ccccc1)N1CCCN(c2nc(Cc3ccccc3)nc3onc(-c4cccc(Oc5ccccc5)c4)c23)CC1. The highest BCUT2D eigenvalue weighted by Gasteiger charge is 2.26. The summed E-state index contributed by atoms with van der Waals surface area (Å²) in [7, 11) is 0. The van der Waals surface area contributed by atoms with Crippen LogP contribution in [0.1, 0.15) is 29.8 Å². The molecule has 230 valence electrons. The van der Waals surface area contributed by atoms with E-state index in [4.69, 9.17) is 19.2 Å². The normalized spacial score (nSPS) is 13.5. The van der Waals surface area contributed by atoms with Crippen molar-refractivity contribution in [2.75, 3.05) is 31.1 Å². The van der Waals surface area contributed by atoms with E-state index in [1.807, 2.05) is 95.9 Å². The second-order valence-corrected chi connectivity index (χ2v) is 11.5. The number of rotatable bonds is 9. The van der Waals surface area contributed by atoms with Crippen LogP contribution in [-0.4, -0.2) is 52.1 Å². The van der Waals surface area contributed by atoms with Crippen molar-refractivity contribution >= 4 is 22.8 Å². The first-order chi connectivity index (χ1) is 22.7. The van der Waals surface area contributed by atoms with Crippen molar-refractivity contribution in [1.82, 2.24) is 20.0 Å². The molecule has 8 nitrogen and oxygen atoms in total. The number of aromatic nitrogens is 3. The molecule has 1 fully saturated rings. The summed E-state index contributed by atoms with van der Waals surface area (Å²) >= 11 is 0. The number of aryl methyl sites for hydroxylation is 1. The quantitative estimate of drug-likeness (QED) is 0.170. The fraction of sp³-hybridized carbons (Fsp3) is 0.211. The summed E-state index contributed by atoms with van der Waals surface area (Å²) in [5.74, 6) is 3.08. The van der Waals surface area contributed by atoms with Gasteiger partial charge in [0.05, 0.1) is 0 Å². The number of para-hydroxylation sites is 1. The molecule has 0 atom stereocenters. The maximum atomic E-state index is 13.2. The summed E-state index contributed by atoms with van der Waals surface area (Å²) in [5, 5.41) is 5.27. The van der Waals surface area contributed by atoms with Crippen molar-refractivity contribution < 1.29 is 14.1 Å². The van der Waals surface area contributed by atoms with Crippen molar-refractivity contribution in [2.45, 2.75) is 25.7 Å². The molecule has 8 heteroatoms. The van der Waals surface area contributed by atoms with Crippen LogP contribution in [0.25, 0.3) is 22.4 Å². The van der Waals surface area contributed by atoms with Crippen LogP contribution in [0.5, 0.6) is 11.5 Å². The zero-order valence-corrected chi connectivity index (χ0v) is 25.6. The highest BCUT2D eigenvalue weighted by atomic mass is 16.5. The molecule has 1 saturated heterocycles. The lowest BCUT2D eigenvalue weighted by molar-refractivity contribution is -0.130. The Morgan fingerprint density at radius 2 is 1.46 bits per heavy atom. The number of carbonyl (C=O) groups is 1. The molecule has 46 heavy (non-hydrogen) atoms. The maximum Gasteiger partial charge on any atom is 0.263 e. The van der Waals surface area contributed by atoms with Gasteiger partial charge in [0, 0.05) is 44.6 Å². The molecule has 2 aromatic heterocycles. The number of hydrogen-bond acceptors (Lipinski definition) is 7. The average Bonchev–Trinajstić information content (AvgIpc) is 3.37. The molecule has 0 aliphatic carbocycles. The Morgan fingerprint density at radius 3 is 2.24 bits per heavy atom. The van der Waals surface area contributed by atoms with Crippen LogP contribution < -0.4 is 9.64 Å². The minimum Gasteiger partial charge on any atom is -0.457 e. The van der Waals surface area contributed by atoms with Crippen LogP contribution in [0.4, 0.5) is 5.82 Å². The van der Waals surface area contributed by atoms with Gasteiger partial charge in [0.15, 0.2) is 0 Å². The second-order valence-electron chi connectivity index (χ2n) is 11.5. The van der Waals surface area contributed by atoms with E-state index < -0.39 is 0 Å². The van der Waals surface area contributed by atoms with E-state index in [1.54, 1.807) is 0 Å². The summed E-state index contributed by atoms with van der Waals surface area (Å²) in [6.45, 7) is 2.73. The van der Waals surface area contributed by atoms with Crippen molar-refractivity contribution in [1.29, 1.82) is 0 Å². The van der Waals surface area contributed by atoms with Gasteiger partial charge in [0.25, 0.3) is 5.71 Å². The molecule has 6 aromatic rings. The fourth-order valence-corrected chi connectivity index (χ4v) is 5.93. The molecule has 1 aliphatic heterocycles. The summed E-state index contributed by atoms with van der Waals surface area (Å²) in [4.78, 5) is 27.4. The lowest BCUT2D eigenvalue weighted by atomic mass is 10.1. The molecular weight excluding hydrogens is 574 g/mol. The van der Waals surface area contributed by atoms with Gasteiger partial charge in [0.1, 0.15) is 34.2 Å². The van der Waals surface area contributed by atoms with E-state index in [9.17, 15) is 4.79 Å². The van der Waals surface area contributed by atoms with Crippen molar-refractivity contribution in [3.8, 4) is 22.8 Å². The Balaban J connectivity index is 1.19. The van der Waals surface area contributed by atoms with E-state index in [1.165, 1.54) is 5.56 Å². The number of carbonyl (C=O) groups excluding carboxylic acids is 1. The molecule has 0 radical (unpaired) electrons. The van der Waals surface area contributed by atoms with Crippen molar-refractivity contribution in [3.05, 3.63) is 132 Å². The molecule has 0 saturated carbocycles. The van der Waals surface area contributed by atoms with E-state index >= 15 is 0 Å². The molecule has 1 amide bonds. The lowest BCUT2D eigenvalue weighted by Crippen LogP contribution is -2.35. The molecule has 0 N–H and O–H groups in total. The smallest absolute Gasteiger partial charge is 0.263 e. The topological polar surface area (TPSA) is 84.6 Å². The Hall–Kier alpha value is -5.50. The number of hydrogen-bond donors (Lipinski definition) is 0. The summed E-state index contributed by atoms with van der Waals surface area (Å²) in [5.41, 5.74) is 4.25. The molecule has 3 heterocycles. The number of ether oxygens (including phenoxy) is 1. The monoisotopic (exact) mass is 609 g/mol. The zero-order valence-electron chi connectivity index (χ0n) is 25.6. The van der Waals surface area contributed by atoms with Gasteiger partial charge in [-0.25, -0.2) is 4.98 Å². The lowest BCUT2D eigenvalue weighted by Gasteiger charge is -2.24.